The molecule has 0 bridgehead atoms. The monoisotopic (exact) mass is 443 g/mol. The smallest absolute Gasteiger partial charge is 0.159 e. The van der Waals surface area contributed by atoms with Gasteiger partial charge in [0.15, 0.2) is 11.5 Å². The predicted molar refractivity (Wildman–Crippen MR) is 132 cm³/mol. The van der Waals surface area contributed by atoms with Crippen LogP contribution in [0, 0.1) is 0 Å². The summed E-state index contributed by atoms with van der Waals surface area (Å²) in [6.45, 7) is 5.86. The van der Waals surface area contributed by atoms with E-state index in [-0.39, 0.29) is 0 Å². The molecule has 33 heavy (non-hydrogen) atoms. The summed E-state index contributed by atoms with van der Waals surface area (Å²) >= 11 is 0. The van der Waals surface area contributed by atoms with Gasteiger partial charge in [-0.05, 0) is 48.4 Å². The Morgan fingerprint density at radius 2 is 1.85 bits per heavy atom. The lowest BCUT2D eigenvalue weighted by molar-refractivity contribution is 0.122. The quantitative estimate of drug-likeness (QED) is 0.477. The third-order valence-electron chi connectivity index (χ3n) is 6.53. The van der Waals surface area contributed by atoms with Crippen molar-refractivity contribution in [2.45, 2.75) is 25.8 Å². The molecular weight excluding hydrogens is 414 g/mol. The van der Waals surface area contributed by atoms with Crippen LogP contribution in [0.1, 0.15) is 30.5 Å². The molecule has 3 aromatic heterocycles. The Morgan fingerprint density at radius 1 is 0.970 bits per heavy atom. The average molecular weight is 444 g/mol. The van der Waals surface area contributed by atoms with Gasteiger partial charge in [-0.15, -0.1) is 5.10 Å². The predicted octanol–water partition coefficient (Wildman–Crippen LogP) is 3.66. The molecule has 0 amide bonds. The molecule has 0 unspecified atom stereocenters. The van der Waals surface area contributed by atoms with Crippen molar-refractivity contribution >= 4 is 34.4 Å². The van der Waals surface area contributed by atoms with Gasteiger partial charge in [0.2, 0.25) is 0 Å². The number of ether oxygens (including phenoxy) is 1. The van der Waals surface area contributed by atoms with Gasteiger partial charge >= 0.3 is 0 Å². The molecule has 5 heterocycles. The number of benzene rings is 1. The lowest BCUT2D eigenvalue weighted by Crippen LogP contribution is -2.37. The second-order valence-electron chi connectivity index (χ2n) is 8.82. The molecule has 0 spiro atoms. The highest BCUT2D eigenvalue weighted by Crippen LogP contribution is 2.25. The van der Waals surface area contributed by atoms with E-state index < -0.39 is 0 Å². The topological polar surface area (TPSA) is 74.0 Å². The minimum atomic E-state index is 0.531. The van der Waals surface area contributed by atoms with Crippen LogP contribution >= 0.6 is 0 Å². The highest BCUT2D eigenvalue weighted by atomic mass is 16.5. The van der Waals surface area contributed by atoms with Crippen molar-refractivity contribution in [2.24, 2.45) is 4.99 Å². The molecule has 0 radical (unpaired) electrons. The second-order valence-corrected chi connectivity index (χ2v) is 8.82. The van der Waals surface area contributed by atoms with E-state index in [9.17, 15) is 0 Å². The zero-order chi connectivity index (χ0) is 22.0. The Morgan fingerprint density at radius 3 is 2.73 bits per heavy atom. The van der Waals surface area contributed by atoms with Crippen LogP contribution in [0.5, 0.6) is 0 Å². The average Bonchev–Trinajstić information content (AvgIpc) is 3.51. The number of morpholine rings is 1. The molecular formula is C25H29N7O. The lowest BCUT2D eigenvalue weighted by Gasteiger charge is -2.29. The number of aromatic amines is 1. The fourth-order valence-corrected chi connectivity index (χ4v) is 4.77. The first-order chi connectivity index (χ1) is 16.3. The molecule has 0 aliphatic carbocycles. The molecule has 2 fully saturated rings. The van der Waals surface area contributed by atoms with Crippen molar-refractivity contribution in [1.29, 1.82) is 0 Å². The van der Waals surface area contributed by atoms with Crippen LogP contribution in [0.4, 0.5) is 11.6 Å². The number of nitrogens with zero attached hydrogens (tertiary/aromatic N) is 6. The van der Waals surface area contributed by atoms with Gasteiger partial charge in [0.1, 0.15) is 5.82 Å². The van der Waals surface area contributed by atoms with Gasteiger partial charge in [-0.3, -0.25) is 4.99 Å². The highest BCUT2D eigenvalue weighted by molar-refractivity contribution is 5.88. The van der Waals surface area contributed by atoms with E-state index >= 15 is 0 Å². The maximum absolute atomic E-state index is 5.58. The highest BCUT2D eigenvalue weighted by Gasteiger charge is 2.20. The Labute approximate surface area is 192 Å². The summed E-state index contributed by atoms with van der Waals surface area (Å²) in [4.78, 5) is 17.6. The van der Waals surface area contributed by atoms with Crippen molar-refractivity contribution in [3.63, 3.8) is 0 Å². The van der Waals surface area contributed by atoms with Gasteiger partial charge < -0.3 is 19.5 Å². The van der Waals surface area contributed by atoms with Crippen molar-refractivity contribution in [2.75, 3.05) is 49.2 Å². The molecule has 170 valence electrons. The fourth-order valence-electron chi connectivity index (χ4n) is 4.77. The van der Waals surface area contributed by atoms with Gasteiger partial charge in [-0.1, -0.05) is 6.07 Å². The summed E-state index contributed by atoms with van der Waals surface area (Å²) in [7, 11) is 0. The molecule has 1 aromatic carbocycles. The van der Waals surface area contributed by atoms with Crippen LogP contribution in [0.3, 0.4) is 0 Å². The summed E-state index contributed by atoms with van der Waals surface area (Å²) in [6, 6.07) is 12.7. The SMILES string of the molecule is C(=NCc1cc(N2CCOCC2)n2nc(N3CCCCC3)cc2n1)c1ccc2[nH]ccc2c1. The molecule has 0 atom stereocenters. The summed E-state index contributed by atoms with van der Waals surface area (Å²) in [6.07, 6.45) is 7.66. The number of hydrogen-bond donors (Lipinski definition) is 1. The maximum atomic E-state index is 5.58. The van der Waals surface area contributed by atoms with Gasteiger partial charge in [0.25, 0.3) is 0 Å². The third-order valence-corrected chi connectivity index (χ3v) is 6.53. The molecule has 6 rings (SSSR count). The first kappa shape index (κ1) is 20.2. The standard InChI is InChI=1S/C25H29N7O/c1-2-8-30(9-3-1)24-16-23-28-21(15-25(32(23)29-24)31-10-12-33-13-11-31)18-26-17-19-4-5-22-20(14-19)6-7-27-22/h4-7,14-17,27H,1-3,8-13,18H2. The summed E-state index contributed by atoms with van der Waals surface area (Å²) in [5.74, 6) is 2.10. The number of piperidine rings is 1. The van der Waals surface area contributed by atoms with Crippen LogP contribution in [0.25, 0.3) is 16.6 Å². The van der Waals surface area contributed by atoms with E-state index in [0.717, 1.165) is 73.4 Å². The van der Waals surface area contributed by atoms with Crippen LogP contribution in [0.15, 0.2) is 47.6 Å². The van der Waals surface area contributed by atoms with Crippen LogP contribution in [-0.2, 0) is 11.3 Å². The molecule has 4 aromatic rings. The van der Waals surface area contributed by atoms with Crippen LogP contribution < -0.4 is 9.80 Å². The molecule has 2 saturated heterocycles. The molecule has 8 nitrogen and oxygen atoms in total. The number of fused-ring (bicyclic) bond motifs is 2. The Bertz CT molecular complexity index is 1280. The normalized spacial score (nSPS) is 17.6. The second kappa shape index (κ2) is 8.86. The maximum Gasteiger partial charge on any atom is 0.159 e. The van der Waals surface area contributed by atoms with Crippen molar-refractivity contribution in [3.05, 3.63) is 53.9 Å². The summed E-state index contributed by atoms with van der Waals surface area (Å²) in [5.41, 5.74) is 4.07. The van der Waals surface area contributed by atoms with Gasteiger partial charge in [0, 0.05) is 56.2 Å². The lowest BCUT2D eigenvalue weighted by atomic mass is 10.1. The molecule has 0 saturated carbocycles. The van der Waals surface area contributed by atoms with E-state index in [0.29, 0.717) is 6.54 Å². The number of hydrogen-bond acceptors (Lipinski definition) is 6. The van der Waals surface area contributed by atoms with Crippen molar-refractivity contribution in [1.82, 2.24) is 19.6 Å². The zero-order valence-corrected chi connectivity index (χ0v) is 18.8. The minimum absolute atomic E-state index is 0.531. The van der Waals surface area contributed by atoms with Crippen LogP contribution in [0.2, 0.25) is 0 Å². The van der Waals surface area contributed by atoms with E-state index in [1.54, 1.807) is 0 Å². The van der Waals surface area contributed by atoms with E-state index in [1.165, 1.54) is 24.6 Å². The Balaban J connectivity index is 1.30. The third kappa shape index (κ3) is 4.18. The van der Waals surface area contributed by atoms with Gasteiger partial charge in [-0.25, -0.2) is 4.98 Å². The molecule has 8 heteroatoms. The summed E-state index contributed by atoms with van der Waals surface area (Å²) < 4.78 is 7.58. The Hall–Kier alpha value is -3.39. The molecule has 2 aliphatic heterocycles. The first-order valence-electron chi connectivity index (χ1n) is 11.9. The van der Waals surface area contributed by atoms with Gasteiger partial charge in [0.05, 0.1) is 25.5 Å². The summed E-state index contributed by atoms with van der Waals surface area (Å²) in [5, 5.41) is 6.15. The van der Waals surface area contributed by atoms with E-state index in [1.807, 2.05) is 16.9 Å². The number of aromatic nitrogens is 4. The molecule has 2 aliphatic rings. The van der Waals surface area contributed by atoms with Crippen LogP contribution in [-0.4, -0.2) is 65.2 Å². The zero-order valence-electron chi connectivity index (χ0n) is 18.8. The fraction of sp³-hybridized carbons (Fsp3) is 0.400. The van der Waals surface area contributed by atoms with E-state index in [4.69, 9.17) is 19.8 Å². The Kier molecular flexibility index (Phi) is 5.43. The molecule has 1 N–H and O–H groups in total. The number of rotatable bonds is 5. The number of nitrogens with one attached hydrogen (secondary N) is 1. The largest absolute Gasteiger partial charge is 0.378 e. The minimum Gasteiger partial charge on any atom is -0.378 e. The van der Waals surface area contributed by atoms with Crippen molar-refractivity contribution < 1.29 is 4.74 Å². The van der Waals surface area contributed by atoms with E-state index in [2.05, 4.69) is 51.2 Å². The number of anilines is 2. The number of aliphatic imine (C=N–C) groups is 1. The number of H-pyrrole nitrogens is 1. The first-order valence-corrected chi connectivity index (χ1v) is 11.9. The van der Waals surface area contributed by atoms with Crippen molar-refractivity contribution in [3.8, 4) is 0 Å². The van der Waals surface area contributed by atoms with Gasteiger partial charge in [-0.2, -0.15) is 4.52 Å².